The second kappa shape index (κ2) is 14.1. The van der Waals surface area contributed by atoms with Crippen molar-refractivity contribution in [2.75, 3.05) is 13.2 Å². The van der Waals surface area contributed by atoms with Crippen molar-refractivity contribution < 1.29 is 23.9 Å². The zero-order valence-corrected chi connectivity index (χ0v) is 19.6. The quantitative estimate of drug-likeness (QED) is 0.482. The Labute approximate surface area is 195 Å². The van der Waals surface area contributed by atoms with Gasteiger partial charge in [0.15, 0.2) is 5.78 Å². The second-order valence-electron chi connectivity index (χ2n) is 8.24. The van der Waals surface area contributed by atoms with Gasteiger partial charge < -0.3 is 20.1 Å². The van der Waals surface area contributed by atoms with E-state index in [1.54, 1.807) is 0 Å². The minimum atomic E-state index is -0.898. The van der Waals surface area contributed by atoms with Gasteiger partial charge in [-0.1, -0.05) is 74.5 Å². The van der Waals surface area contributed by atoms with Crippen LogP contribution in [-0.4, -0.2) is 43.1 Å². The third-order valence-corrected chi connectivity index (χ3v) is 4.96. The molecule has 178 valence electrons. The number of amides is 2. The molecule has 0 fully saturated rings. The number of carbonyl (C=O) groups excluding carboxylic acids is 3. The third-order valence-electron chi connectivity index (χ3n) is 4.96. The summed E-state index contributed by atoms with van der Waals surface area (Å²) >= 11 is 0. The monoisotopic (exact) mass is 454 g/mol. The number of alkyl carbamates (subject to hydrolysis) is 1. The van der Waals surface area contributed by atoms with Crippen LogP contribution in [0.2, 0.25) is 0 Å². The lowest BCUT2D eigenvalue weighted by Crippen LogP contribution is -2.53. The largest absolute Gasteiger partial charge is 0.445 e. The fraction of sp³-hybridized carbons (Fsp3) is 0.423. The summed E-state index contributed by atoms with van der Waals surface area (Å²) in [5.74, 6) is -0.438. The number of rotatable bonds is 13. The minimum absolute atomic E-state index is 0.0654. The molecule has 0 aliphatic rings. The minimum Gasteiger partial charge on any atom is -0.445 e. The lowest BCUT2D eigenvalue weighted by atomic mass is 9.99. The highest BCUT2D eigenvalue weighted by molar-refractivity contribution is 5.92. The summed E-state index contributed by atoms with van der Waals surface area (Å²) in [6, 6.07) is 17.1. The highest BCUT2D eigenvalue weighted by Crippen LogP contribution is 2.09. The van der Waals surface area contributed by atoms with E-state index in [0.29, 0.717) is 13.0 Å². The van der Waals surface area contributed by atoms with Crippen LogP contribution in [0.3, 0.4) is 0 Å². The zero-order valence-electron chi connectivity index (χ0n) is 19.6. The van der Waals surface area contributed by atoms with Crippen LogP contribution < -0.4 is 10.6 Å². The van der Waals surface area contributed by atoms with E-state index in [1.165, 1.54) is 0 Å². The normalized spacial score (nSPS) is 12.6. The van der Waals surface area contributed by atoms with E-state index >= 15 is 0 Å². The van der Waals surface area contributed by atoms with Gasteiger partial charge in [0, 0.05) is 13.0 Å². The molecule has 7 heteroatoms. The highest BCUT2D eigenvalue weighted by atomic mass is 16.5. The lowest BCUT2D eigenvalue weighted by molar-refractivity contribution is -0.131. The van der Waals surface area contributed by atoms with Gasteiger partial charge in [-0.25, -0.2) is 4.79 Å². The van der Waals surface area contributed by atoms with E-state index in [9.17, 15) is 14.4 Å². The molecule has 0 aliphatic heterocycles. The molecule has 2 atom stereocenters. The molecule has 0 bridgehead atoms. The van der Waals surface area contributed by atoms with Crippen molar-refractivity contribution in [2.24, 2.45) is 5.92 Å². The van der Waals surface area contributed by atoms with Gasteiger partial charge in [-0.05, 0) is 30.4 Å². The topological polar surface area (TPSA) is 93.7 Å². The van der Waals surface area contributed by atoms with Crippen molar-refractivity contribution in [1.82, 2.24) is 10.6 Å². The molecular weight excluding hydrogens is 420 g/mol. The molecular formula is C26H34N2O5. The number of benzene rings is 2. The molecule has 2 aromatic rings. The fourth-order valence-electron chi connectivity index (χ4n) is 3.28. The number of nitrogens with one attached hydrogen (secondary N) is 2. The Balaban J connectivity index is 2.08. The van der Waals surface area contributed by atoms with Gasteiger partial charge in [0.2, 0.25) is 5.91 Å². The molecule has 0 saturated carbocycles. The number of Topliss-reactive ketones (excluding diaryl/α,β-unsaturated/α-hetero) is 1. The van der Waals surface area contributed by atoms with Crippen molar-refractivity contribution in [3.63, 3.8) is 0 Å². The van der Waals surface area contributed by atoms with Crippen LogP contribution in [-0.2, 0) is 32.1 Å². The van der Waals surface area contributed by atoms with E-state index in [0.717, 1.165) is 11.1 Å². The van der Waals surface area contributed by atoms with Gasteiger partial charge in [0.05, 0.1) is 6.04 Å². The summed E-state index contributed by atoms with van der Waals surface area (Å²) in [6.07, 6.45) is 0.0472. The number of hydrogen-bond donors (Lipinski definition) is 2. The van der Waals surface area contributed by atoms with E-state index in [4.69, 9.17) is 9.47 Å². The van der Waals surface area contributed by atoms with E-state index in [1.807, 2.05) is 81.4 Å². The maximum atomic E-state index is 13.2. The van der Waals surface area contributed by atoms with E-state index < -0.39 is 24.1 Å². The molecule has 2 rings (SSSR count). The molecule has 0 aliphatic carbocycles. The van der Waals surface area contributed by atoms with Crippen molar-refractivity contribution in [1.29, 1.82) is 0 Å². The smallest absolute Gasteiger partial charge is 0.408 e. The van der Waals surface area contributed by atoms with Gasteiger partial charge in [0.25, 0.3) is 0 Å². The molecule has 2 N–H and O–H groups in total. The van der Waals surface area contributed by atoms with Crippen LogP contribution in [0.15, 0.2) is 60.7 Å². The van der Waals surface area contributed by atoms with Crippen LogP contribution in [0.1, 0.15) is 38.3 Å². The lowest BCUT2D eigenvalue weighted by Gasteiger charge is -2.24. The summed E-state index contributed by atoms with van der Waals surface area (Å²) in [6.45, 7) is 6.21. The predicted octanol–water partition coefficient (Wildman–Crippen LogP) is 3.66. The fourth-order valence-corrected chi connectivity index (χ4v) is 3.28. The van der Waals surface area contributed by atoms with Crippen molar-refractivity contribution in [2.45, 2.75) is 52.3 Å². The first-order valence-electron chi connectivity index (χ1n) is 11.3. The van der Waals surface area contributed by atoms with Crippen LogP contribution in [0.25, 0.3) is 0 Å². The Morgan fingerprint density at radius 1 is 0.848 bits per heavy atom. The molecule has 33 heavy (non-hydrogen) atoms. The molecule has 0 heterocycles. The van der Waals surface area contributed by atoms with Crippen LogP contribution in [0.5, 0.6) is 0 Å². The van der Waals surface area contributed by atoms with Crippen LogP contribution >= 0.6 is 0 Å². The van der Waals surface area contributed by atoms with E-state index in [2.05, 4.69) is 10.6 Å². The van der Waals surface area contributed by atoms with Gasteiger partial charge in [-0.2, -0.15) is 0 Å². The number of carbonyl (C=O) groups is 3. The summed E-state index contributed by atoms with van der Waals surface area (Å²) in [4.78, 5) is 38.2. The average molecular weight is 455 g/mol. The molecule has 0 aromatic heterocycles. The summed E-state index contributed by atoms with van der Waals surface area (Å²) in [5.41, 5.74) is 1.72. The van der Waals surface area contributed by atoms with Gasteiger partial charge in [-0.15, -0.1) is 0 Å². The summed E-state index contributed by atoms with van der Waals surface area (Å²) in [5, 5.41) is 5.48. The van der Waals surface area contributed by atoms with Crippen molar-refractivity contribution in [3.05, 3.63) is 71.8 Å². The first-order chi connectivity index (χ1) is 15.9. The van der Waals surface area contributed by atoms with E-state index in [-0.39, 0.29) is 31.3 Å². The predicted molar refractivity (Wildman–Crippen MR) is 127 cm³/mol. The highest BCUT2D eigenvalue weighted by Gasteiger charge is 2.28. The van der Waals surface area contributed by atoms with Gasteiger partial charge >= 0.3 is 6.09 Å². The second-order valence-corrected chi connectivity index (χ2v) is 8.24. The summed E-state index contributed by atoms with van der Waals surface area (Å²) in [7, 11) is 0. The van der Waals surface area contributed by atoms with Crippen molar-refractivity contribution >= 4 is 17.8 Å². The maximum absolute atomic E-state index is 13.2. The summed E-state index contributed by atoms with van der Waals surface area (Å²) < 4.78 is 10.5. The number of ether oxygens (including phenoxy) is 2. The number of ketones is 1. The molecule has 2 amide bonds. The molecule has 2 aromatic carbocycles. The Kier molecular flexibility index (Phi) is 11.1. The van der Waals surface area contributed by atoms with Crippen LogP contribution in [0.4, 0.5) is 4.79 Å². The standard InChI is InChI=1S/C26H34N2O5/c1-4-32-18-24(29)22(15-19(2)3)27-25(30)23(16-20-11-7-5-8-12-20)28-26(31)33-17-21-13-9-6-10-14-21/h5-14,19,22-23H,4,15-18H2,1-3H3,(H,27,30)(H,28,31). The Morgan fingerprint density at radius 3 is 2.03 bits per heavy atom. The average Bonchev–Trinajstić information content (AvgIpc) is 2.81. The van der Waals surface area contributed by atoms with Gasteiger partial charge in [-0.3, -0.25) is 9.59 Å². The Hall–Kier alpha value is -3.19. The number of hydrogen-bond acceptors (Lipinski definition) is 5. The SMILES string of the molecule is CCOCC(=O)C(CC(C)C)NC(=O)C(Cc1ccccc1)NC(=O)OCc1ccccc1. The van der Waals surface area contributed by atoms with Crippen molar-refractivity contribution in [3.8, 4) is 0 Å². The third kappa shape index (κ3) is 9.87. The molecule has 7 nitrogen and oxygen atoms in total. The first kappa shape index (κ1) is 26.1. The first-order valence-corrected chi connectivity index (χ1v) is 11.3. The molecule has 0 saturated heterocycles. The Bertz CT molecular complexity index is 871. The molecule has 0 radical (unpaired) electrons. The Morgan fingerprint density at radius 2 is 1.45 bits per heavy atom. The van der Waals surface area contributed by atoms with Gasteiger partial charge in [0.1, 0.15) is 19.3 Å². The molecule has 0 spiro atoms. The maximum Gasteiger partial charge on any atom is 0.408 e. The zero-order chi connectivity index (χ0) is 24.1. The van der Waals surface area contributed by atoms with Crippen LogP contribution in [0, 0.1) is 5.92 Å². The molecule has 2 unspecified atom stereocenters.